The van der Waals surface area contributed by atoms with Crippen molar-refractivity contribution in [3.05, 3.63) is 224 Å². The highest BCUT2D eigenvalue weighted by atomic mass is 16.5. The lowest BCUT2D eigenvalue weighted by molar-refractivity contribution is 0.487. The largest absolute Gasteiger partial charge is 0.458 e. The predicted octanol–water partition coefficient (Wildman–Crippen LogP) is 13.4. The van der Waals surface area contributed by atoms with Crippen molar-refractivity contribution < 1.29 is 4.74 Å². The van der Waals surface area contributed by atoms with E-state index in [0.717, 1.165) is 56.5 Å². The molecule has 5 nitrogen and oxygen atoms in total. The third kappa shape index (κ3) is 4.69. The summed E-state index contributed by atoms with van der Waals surface area (Å²) in [5, 5.41) is 7.27. The molecule has 0 radical (unpaired) electrons. The molecule has 0 aliphatic carbocycles. The molecule has 3 aromatic heterocycles. The number of ether oxygens (including phenoxy) is 1. The maximum Gasteiger partial charge on any atom is 0.256 e. The third-order valence-electron chi connectivity index (χ3n) is 14.2. The molecule has 0 amide bonds. The molecule has 10 aromatic carbocycles. The van der Waals surface area contributed by atoms with E-state index in [9.17, 15) is 0 Å². The Kier molecular flexibility index (Phi) is 7.24. The molecule has 0 fully saturated rings. The summed E-state index contributed by atoms with van der Waals surface area (Å²) in [6.07, 6.45) is 0. The zero-order chi connectivity index (χ0) is 43.0. The number of rotatable bonds is 4. The van der Waals surface area contributed by atoms with Crippen molar-refractivity contribution in [3.8, 4) is 28.6 Å². The molecule has 0 saturated carbocycles. The molecule has 15 rings (SSSR count). The van der Waals surface area contributed by atoms with Crippen LogP contribution in [0.15, 0.2) is 224 Å². The van der Waals surface area contributed by atoms with Gasteiger partial charge in [0.15, 0.2) is 0 Å². The average molecular weight is 841 g/mol. The van der Waals surface area contributed by atoms with Gasteiger partial charge >= 0.3 is 0 Å². The van der Waals surface area contributed by atoms with Crippen LogP contribution in [0.1, 0.15) is 0 Å². The van der Waals surface area contributed by atoms with Gasteiger partial charge in [-0.2, -0.15) is 0 Å². The number of anilines is 3. The topological polar surface area (TPSA) is 27.3 Å². The summed E-state index contributed by atoms with van der Waals surface area (Å²) in [6.45, 7) is 0.0000662. The van der Waals surface area contributed by atoms with Crippen LogP contribution in [-0.4, -0.2) is 20.4 Å². The maximum absolute atomic E-state index is 7.14. The van der Waals surface area contributed by atoms with Crippen molar-refractivity contribution in [3.63, 3.8) is 0 Å². The molecule has 66 heavy (non-hydrogen) atoms. The third-order valence-corrected chi connectivity index (χ3v) is 14.2. The summed E-state index contributed by atoms with van der Waals surface area (Å²) < 4.78 is 14.7. The highest BCUT2D eigenvalue weighted by Crippen LogP contribution is 2.51. The van der Waals surface area contributed by atoms with Crippen LogP contribution in [-0.2, 0) is 0 Å². The Morgan fingerprint density at radius 3 is 1.29 bits per heavy atom. The van der Waals surface area contributed by atoms with Gasteiger partial charge in [-0.15, -0.1) is 0 Å². The maximum atomic E-state index is 7.14. The molecule has 0 bridgehead atoms. The Hall–Kier alpha value is -8.74. The number of fused-ring (bicyclic) bond motifs is 16. The fourth-order valence-electron chi connectivity index (χ4n) is 11.7. The minimum atomic E-state index is 0.0000662. The summed E-state index contributed by atoms with van der Waals surface area (Å²) in [4.78, 5) is 2.45. The Bertz CT molecular complexity index is 4080. The van der Waals surface area contributed by atoms with Gasteiger partial charge in [0, 0.05) is 66.8 Å². The summed E-state index contributed by atoms with van der Waals surface area (Å²) in [7, 11) is 0. The van der Waals surface area contributed by atoms with Crippen LogP contribution < -0.4 is 26.0 Å². The molecular weight excluding hydrogens is 803 g/mol. The smallest absolute Gasteiger partial charge is 0.256 e. The lowest BCUT2D eigenvalue weighted by Crippen LogP contribution is -2.59. The molecular formula is C60H37BN4O. The van der Waals surface area contributed by atoms with E-state index in [1.54, 1.807) is 0 Å². The van der Waals surface area contributed by atoms with Gasteiger partial charge in [-0.25, -0.2) is 0 Å². The molecule has 6 heteroatoms. The molecule has 5 heterocycles. The summed E-state index contributed by atoms with van der Waals surface area (Å²) >= 11 is 0. The molecule has 0 saturated heterocycles. The summed E-state index contributed by atoms with van der Waals surface area (Å²) in [6, 6.07) is 81.7. The summed E-state index contributed by atoms with van der Waals surface area (Å²) in [5.41, 5.74) is 17.3. The van der Waals surface area contributed by atoms with Crippen molar-refractivity contribution in [1.82, 2.24) is 13.7 Å². The van der Waals surface area contributed by atoms with Gasteiger partial charge in [0.05, 0.1) is 38.8 Å². The van der Waals surface area contributed by atoms with Gasteiger partial charge in [-0.05, 0) is 89.2 Å². The molecule has 0 unspecified atom stereocenters. The summed E-state index contributed by atoms with van der Waals surface area (Å²) in [5.74, 6) is 1.76. The van der Waals surface area contributed by atoms with Crippen LogP contribution in [0, 0.1) is 0 Å². The van der Waals surface area contributed by atoms with Gasteiger partial charge in [0.2, 0.25) is 0 Å². The number of hydrogen-bond acceptors (Lipinski definition) is 2. The number of para-hydroxylation sites is 8. The molecule has 306 valence electrons. The lowest BCUT2D eigenvalue weighted by atomic mass is 9.34. The second-order valence-corrected chi connectivity index (χ2v) is 17.6. The average Bonchev–Trinajstić information content (AvgIpc) is 4.03. The van der Waals surface area contributed by atoms with E-state index in [-0.39, 0.29) is 6.71 Å². The molecule has 13 aromatic rings. The molecule has 0 atom stereocenters. The van der Waals surface area contributed by atoms with Crippen molar-refractivity contribution in [2.24, 2.45) is 0 Å². The molecule has 2 aliphatic heterocycles. The van der Waals surface area contributed by atoms with Crippen molar-refractivity contribution in [1.29, 1.82) is 0 Å². The van der Waals surface area contributed by atoms with Gasteiger partial charge in [-0.1, -0.05) is 146 Å². The van der Waals surface area contributed by atoms with E-state index >= 15 is 0 Å². The first-order valence-electron chi connectivity index (χ1n) is 22.7. The number of nitrogens with zero attached hydrogens (tertiary/aromatic N) is 4. The fraction of sp³-hybridized carbons (Fsp3) is 0. The minimum Gasteiger partial charge on any atom is -0.458 e. The van der Waals surface area contributed by atoms with E-state index in [2.05, 4.69) is 243 Å². The zero-order valence-corrected chi connectivity index (χ0v) is 35.6. The first-order valence-corrected chi connectivity index (χ1v) is 22.7. The van der Waals surface area contributed by atoms with E-state index < -0.39 is 0 Å². The van der Waals surface area contributed by atoms with E-state index in [1.165, 1.54) is 70.9 Å². The van der Waals surface area contributed by atoms with Crippen LogP contribution in [0.5, 0.6) is 11.5 Å². The zero-order valence-electron chi connectivity index (χ0n) is 35.6. The molecule has 0 N–H and O–H groups in total. The van der Waals surface area contributed by atoms with E-state index in [1.807, 2.05) is 0 Å². The highest BCUT2D eigenvalue weighted by Gasteiger charge is 2.42. The van der Waals surface area contributed by atoms with E-state index in [4.69, 9.17) is 4.74 Å². The van der Waals surface area contributed by atoms with Crippen molar-refractivity contribution >= 4 is 106 Å². The highest BCUT2D eigenvalue weighted by molar-refractivity contribution is 6.99. The number of aromatic nitrogens is 3. The molecule has 2 aliphatic rings. The predicted molar refractivity (Wildman–Crippen MR) is 275 cm³/mol. The standard InChI is InChI=1S/C60H37BN4O/c1-4-20-38(21-5-1)62-50-34-18-13-29-45(50)61-46-30-14-19-35-52(46)66-53-37-41(36-51(62)57(53)61)65-49-33-17-12-28-44(49)56-59-54(42-26-10-15-31-47(42)63(59)39-22-6-2-7-23-39)58-55(60(56)65)43-27-11-16-32-48(43)64(58)40-24-8-3-9-25-40/h1-37H. The van der Waals surface area contributed by atoms with E-state index in [0.29, 0.717) is 0 Å². The van der Waals surface area contributed by atoms with Gasteiger partial charge in [0.1, 0.15) is 11.5 Å². The van der Waals surface area contributed by atoms with Gasteiger partial charge < -0.3 is 23.3 Å². The van der Waals surface area contributed by atoms with Crippen LogP contribution >= 0.6 is 0 Å². The van der Waals surface area contributed by atoms with Crippen LogP contribution in [0.2, 0.25) is 0 Å². The van der Waals surface area contributed by atoms with Gasteiger partial charge in [0.25, 0.3) is 6.71 Å². The number of benzene rings is 10. The second kappa shape index (κ2) is 13.4. The quantitative estimate of drug-likeness (QED) is 0.165. The molecule has 0 spiro atoms. The normalized spacial score (nSPS) is 12.9. The first kappa shape index (κ1) is 35.7. The Balaban J connectivity index is 1.18. The first-order chi connectivity index (χ1) is 32.8. The minimum absolute atomic E-state index is 0.0000662. The van der Waals surface area contributed by atoms with Crippen molar-refractivity contribution in [2.45, 2.75) is 0 Å². The SMILES string of the molecule is c1ccc(N2c3ccccc3B3c4ccccc4Oc4cc(-n5c6ccccc6c6c7c(c8ccccc8n7-c7ccccc7)c7c(c8ccccc8n7-c7ccccc7)c65)cc2c43)cc1. The Morgan fingerprint density at radius 1 is 0.318 bits per heavy atom. The van der Waals surface area contributed by atoms with Crippen LogP contribution in [0.3, 0.4) is 0 Å². The van der Waals surface area contributed by atoms with Gasteiger partial charge in [-0.3, -0.25) is 0 Å². The monoisotopic (exact) mass is 840 g/mol. The second-order valence-electron chi connectivity index (χ2n) is 17.6. The van der Waals surface area contributed by atoms with Crippen LogP contribution in [0.25, 0.3) is 82.5 Å². The lowest BCUT2D eigenvalue weighted by Gasteiger charge is -2.40. The Morgan fingerprint density at radius 2 is 0.742 bits per heavy atom. The Labute approximate surface area is 380 Å². The fourth-order valence-corrected chi connectivity index (χ4v) is 11.7. The van der Waals surface area contributed by atoms with Crippen LogP contribution in [0.4, 0.5) is 17.1 Å². The number of hydrogen-bond donors (Lipinski definition) is 0. The van der Waals surface area contributed by atoms with Crippen molar-refractivity contribution in [2.75, 3.05) is 4.90 Å².